The van der Waals surface area contributed by atoms with E-state index in [1.807, 2.05) is 6.07 Å². The zero-order valence-electron chi connectivity index (χ0n) is 16.9. The van der Waals surface area contributed by atoms with Crippen LogP contribution in [0.1, 0.15) is 38.3 Å². The van der Waals surface area contributed by atoms with E-state index in [1.165, 1.54) is 12.1 Å². The lowest BCUT2D eigenvalue weighted by Gasteiger charge is -2.13. The molecule has 9 heteroatoms. The van der Waals surface area contributed by atoms with Gasteiger partial charge in [0.2, 0.25) is 5.76 Å². The van der Waals surface area contributed by atoms with E-state index in [9.17, 15) is 13.2 Å². The van der Waals surface area contributed by atoms with Gasteiger partial charge in [0.05, 0.1) is 16.7 Å². The maximum Gasteiger partial charge on any atom is 0.573 e. The van der Waals surface area contributed by atoms with Crippen LogP contribution in [-0.4, -0.2) is 21.5 Å². The maximum atomic E-state index is 12.7. The third-order valence-corrected chi connectivity index (χ3v) is 5.07. The average molecular weight is 452 g/mol. The van der Waals surface area contributed by atoms with E-state index in [0.717, 1.165) is 18.5 Å². The number of alkyl halides is 3. The van der Waals surface area contributed by atoms with Gasteiger partial charge in [0.15, 0.2) is 5.82 Å². The molecule has 2 aromatic heterocycles. The number of rotatable bonds is 6. The Morgan fingerprint density at radius 3 is 2.52 bits per heavy atom. The highest BCUT2D eigenvalue weighted by molar-refractivity contribution is 5.86. The smallest absolute Gasteiger partial charge is 0.405 e. The van der Waals surface area contributed by atoms with Gasteiger partial charge in [-0.1, -0.05) is 43.3 Å². The number of imidazole rings is 1. The molecular formula is C22H21ClF3N3O2. The summed E-state index contributed by atoms with van der Waals surface area (Å²) in [5, 5.41) is 4.16. The van der Waals surface area contributed by atoms with Gasteiger partial charge in [0.25, 0.3) is 0 Å². The van der Waals surface area contributed by atoms with Gasteiger partial charge in [-0.15, -0.1) is 25.6 Å². The second kappa shape index (κ2) is 9.01. The number of hydrogen-bond donors (Lipinski definition) is 1. The lowest BCUT2D eigenvalue weighted by molar-refractivity contribution is -0.274. The normalized spacial score (nSPS) is 11.7. The molecule has 0 aliphatic rings. The van der Waals surface area contributed by atoms with Crippen molar-refractivity contribution in [2.45, 2.75) is 39.0 Å². The molecule has 1 N–H and O–H groups in total. The molecule has 0 atom stereocenters. The second-order valence-electron chi connectivity index (χ2n) is 6.99. The third-order valence-electron chi connectivity index (χ3n) is 5.07. The van der Waals surface area contributed by atoms with Gasteiger partial charge < -0.3 is 14.2 Å². The standard InChI is InChI=1S/C22H20F3N3O2.ClH/c1-3-13(4-2)17-12-20(30-28-17)21-26-16-10-9-14(11-18(16)27-21)15-7-5-6-8-19(15)29-22(23,24)25;/h5-13H,3-4H2,1-2H3,(H,26,27);1H. The highest BCUT2D eigenvalue weighted by atomic mass is 35.5. The Morgan fingerprint density at radius 1 is 1.06 bits per heavy atom. The van der Waals surface area contributed by atoms with E-state index < -0.39 is 6.36 Å². The molecule has 164 valence electrons. The summed E-state index contributed by atoms with van der Waals surface area (Å²) < 4.78 is 47.8. The largest absolute Gasteiger partial charge is 0.573 e. The monoisotopic (exact) mass is 451 g/mol. The first kappa shape index (κ1) is 22.7. The summed E-state index contributed by atoms with van der Waals surface area (Å²) in [5.41, 5.74) is 3.14. The first-order chi connectivity index (χ1) is 14.4. The van der Waals surface area contributed by atoms with Gasteiger partial charge in [-0.25, -0.2) is 4.98 Å². The number of ether oxygens (including phenoxy) is 1. The molecule has 0 saturated heterocycles. The molecule has 0 bridgehead atoms. The van der Waals surface area contributed by atoms with Crippen molar-refractivity contribution < 1.29 is 22.4 Å². The predicted octanol–water partition coefficient (Wildman–Crippen LogP) is 7.11. The van der Waals surface area contributed by atoms with Crippen LogP contribution in [0.4, 0.5) is 13.2 Å². The first-order valence-electron chi connectivity index (χ1n) is 9.69. The van der Waals surface area contributed by atoms with Gasteiger partial charge in [-0.05, 0) is 36.6 Å². The number of nitrogens with one attached hydrogen (secondary N) is 1. The first-order valence-corrected chi connectivity index (χ1v) is 9.69. The van der Waals surface area contributed by atoms with Crippen molar-refractivity contribution in [2.75, 3.05) is 0 Å². The van der Waals surface area contributed by atoms with Crippen molar-refractivity contribution in [1.82, 2.24) is 15.1 Å². The molecule has 4 rings (SSSR count). The number of halogens is 4. The van der Waals surface area contributed by atoms with E-state index in [4.69, 9.17) is 4.52 Å². The summed E-state index contributed by atoms with van der Waals surface area (Å²) >= 11 is 0. The van der Waals surface area contributed by atoms with Crippen LogP contribution in [0.25, 0.3) is 33.7 Å². The minimum atomic E-state index is -4.76. The Labute approximate surface area is 183 Å². The molecule has 0 aliphatic heterocycles. The number of aromatic nitrogens is 3. The number of hydrogen-bond acceptors (Lipinski definition) is 4. The van der Waals surface area contributed by atoms with Gasteiger partial charge in [-0.2, -0.15) is 0 Å². The molecule has 0 unspecified atom stereocenters. The van der Waals surface area contributed by atoms with Crippen molar-refractivity contribution >= 4 is 23.4 Å². The van der Waals surface area contributed by atoms with Crippen molar-refractivity contribution in [3.8, 4) is 28.5 Å². The lowest BCUT2D eigenvalue weighted by atomic mass is 9.99. The Bertz CT molecular complexity index is 1170. The number of nitrogens with zero attached hydrogens (tertiary/aromatic N) is 2. The van der Waals surface area contributed by atoms with Crippen molar-refractivity contribution in [2.24, 2.45) is 0 Å². The molecule has 31 heavy (non-hydrogen) atoms. The van der Waals surface area contributed by atoms with Gasteiger partial charge >= 0.3 is 6.36 Å². The number of H-pyrrole nitrogens is 1. The molecule has 0 amide bonds. The fourth-order valence-corrected chi connectivity index (χ4v) is 3.51. The zero-order chi connectivity index (χ0) is 21.3. The molecule has 4 aromatic rings. The highest BCUT2D eigenvalue weighted by Crippen LogP contribution is 2.35. The summed E-state index contributed by atoms with van der Waals surface area (Å²) in [4.78, 5) is 7.69. The molecular weight excluding hydrogens is 431 g/mol. The van der Waals surface area contributed by atoms with E-state index in [2.05, 4.69) is 33.7 Å². The Morgan fingerprint density at radius 2 is 1.81 bits per heavy atom. The number of para-hydroxylation sites is 1. The van der Waals surface area contributed by atoms with E-state index in [1.54, 1.807) is 30.3 Å². The van der Waals surface area contributed by atoms with Crippen LogP contribution < -0.4 is 4.74 Å². The van der Waals surface area contributed by atoms with Crippen LogP contribution in [0.15, 0.2) is 53.1 Å². The summed E-state index contributed by atoms with van der Waals surface area (Å²) in [6.07, 6.45) is -2.84. The molecule has 0 aliphatic carbocycles. The van der Waals surface area contributed by atoms with Crippen LogP contribution >= 0.6 is 12.4 Å². The van der Waals surface area contributed by atoms with Gasteiger partial charge in [0.1, 0.15) is 5.75 Å². The number of benzene rings is 2. The average Bonchev–Trinajstić information content (AvgIpc) is 3.34. The minimum absolute atomic E-state index is 0. The van der Waals surface area contributed by atoms with Crippen LogP contribution in [0.2, 0.25) is 0 Å². The highest BCUT2D eigenvalue weighted by Gasteiger charge is 2.32. The Hall–Kier alpha value is -3.00. The predicted molar refractivity (Wildman–Crippen MR) is 114 cm³/mol. The summed E-state index contributed by atoms with van der Waals surface area (Å²) in [6.45, 7) is 4.21. The third kappa shape index (κ3) is 4.85. The molecule has 5 nitrogen and oxygen atoms in total. The maximum absolute atomic E-state index is 12.7. The molecule has 0 radical (unpaired) electrons. The molecule has 0 spiro atoms. The SMILES string of the molecule is CCC(CC)c1cc(-c2nc3ccc(-c4ccccc4OC(F)(F)F)cc3[nH]2)on1.Cl. The Balaban J connectivity index is 0.00000272. The summed E-state index contributed by atoms with van der Waals surface area (Å²) in [6, 6.07) is 13.1. The summed E-state index contributed by atoms with van der Waals surface area (Å²) in [7, 11) is 0. The van der Waals surface area contributed by atoms with Crippen LogP contribution in [0, 0.1) is 0 Å². The number of aromatic amines is 1. The van der Waals surface area contributed by atoms with Crippen molar-refractivity contribution in [3.63, 3.8) is 0 Å². The van der Waals surface area contributed by atoms with Crippen LogP contribution in [0.5, 0.6) is 5.75 Å². The van der Waals surface area contributed by atoms with Gasteiger partial charge in [-0.3, -0.25) is 0 Å². The van der Waals surface area contributed by atoms with E-state index in [-0.39, 0.29) is 18.2 Å². The molecule has 2 heterocycles. The summed E-state index contributed by atoms with van der Waals surface area (Å²) in [5.74, 6) is 1.11. The van der Waals surface area contributed by atoms with E-state index in [0.29, 0.717) is 39.7 Å². The second-order valence-corrected chi connectivity index (χ2v) is 6.99. The molecule has 0 fully saturated rings. The van der Waals surface area contributed by atoms with Gasteiger partial charge in [0, 0.05) is 17.5 Å². The minimum Gasteiger partial charge on any atom is -0.405 e. The fraction of sp³-hybridized carbons (Fsp3) is 0.273. The Kier molecular flexibility index (Phi) is 6.59. The lowest BCUT2D eigenvalue weighted by Crippen LogP contribution is -2.17. The fourth-order valence-electron chi connectivity index (χ4n) is 3.51. The molecule has 2 aromatic carbocycles. The molecule has 0 saturated carbocycles. The van der Waals surface area contributed by atoms with E-state index >= 15 is 0 Å². The number of fused-ring (bicyclic) bond motifs is 1. The van der Waals surface area contributed by atoms with Crippen molar-refractivity contribution in [1.29, 1.82) is 0 Å². The topological polar surface area (TPSA) is 63.9 Å². The van der Waals surface area contributed by atoms with Crippen LogP contribution in [0.3, 0.4) is 0 Å². The quantitative estimate of drug-likeness (QED) is 0.339. The van der Waals surface area contributed by atoms with Crippen LogP contribution in [-0.2, 0) is 0 Å². The zero-order valence-corrected chi connectivity index (χ0v) is 17.7. The van der Waals surface area contributed by atoms with Crippen molar-refractivity contribution in [3.05, 3.63) is 54.2 Å².